The van der Waals surface area contributed by atoms with Crippen LogP contribution in [0.2, 0.25) is 0 Å². The van der Waals surface area contributed by atoms with Gasteiger partial charge in [-0.2, -0.15) is 0 Å². The third-order valence-corrected chi connectivity index (χ3v) is 1.63. The van der Waals surface area contributed by atoms with E-state index in [2.05, 4.69) is 4.98 Å². The first-order valence-corrected chi connectivity index (χ1v) is 4.51. The summed E-state index contributed by atoms with van der Waals surface area (Å²) in [6.07, 6.45) is 0. The van der Waals surface area contributed by atoms with Crippen molar-refractivity contribution in [3.63, 3.8) is 0 Å². The van der Waals surface area contributed by atoms with Crippen LogP contribution in [-0.2, 0) is 0 Å². The van der Waals surface area contributed by atoms with Gasteiger partial charge in [0.15, 0.2) is 0 Å². The largest absolute Gasteiger partial charge is 0.588 e. The molecule has 0 aliphatic carbocycles. The summed E-state index contributed by atoms with van der Waals surface area (Å²) < 4.78 is 0. The molecule has 0 saturated heterocycles. The van der Waals surface area contributed by atoms with Crippen LogP contribution >= 0.6 is 0 Å². The normalized spacial score (nSPS) is 14.0. The van der Waals surface area contributed by atoms with E-state index in [0.717, 1.165) is 0 Å². The molecule has 0 heterocycles. The van der Waals surface area contributed by atoms with E-state index in [0.29, 0.717) is 0 Å². The van der Waals surface area contributed by atoms with Gasteiger partial charge in [-0.15, -0.1) is 0 Å². The van der Waals surface area contributed by atoms with Crippen molar-refractivity contribution in [3.05, 3.63) is 0 Å². The SMILES string of the molecule is CC(C)(C)N[Si](O)(O)O. The third-order valence-electron chi connectivity index (χ3n) is 0.543. The molecule has 4 nitrogen and oxygen atoms in total. The smallest absolute Gasteiger partial charge is 0.377 e. The Morgan fingerprint density at radius 2 is 1.44 bits per heavy atom. The molecule has 0 saturated carbocycles. The molecule has 0 aliphatic heterocycles. The van der Waals surface area contributed by atoms with Gasteiger partial charge in [-0.3, -0.25) is 4.98 Å². The lowest BCUT2D eigenvalue weighted by atomic mass is 10.1. The Kier molecular flexibility index (Phi) is 2.37. The zero-order chi connectivity index (χ0) is 7.71. The van der Waals surface area contributed by atoms with Crippen LogP contribution in [-0.4, -0.2) is 28.9 Å². The van der Waals surface area contributed by atoms with Gasteiger partial charge in [0.05, 0.1) is 0 Å². The van der Waals surface area contributed by atoms with Gasteiger partial charge in [-0.1, -0.05) is 0 Å². The average molecular weight is 151 g/mol. The standard InChI is InChI=1S/C4H13NO3Si/c1-4(2,3)5-9(6,7)8/h5-8H,1-3H3. The van der Waals surface area contributed by atoms with E-state index in [1.165, 1.54) is 0 Å². The lowest BCUT2D eigenvalue weighted by Gasteiger charge is -2.23. The van der Waals surface area contributed by atoms with Crippen molar-refractivity contribution in [3.8, 4) is 0 Å². The highest BCUT2D eigenvalue weighted by Crippen LogP contribution is 1.99. The van der Waals surface area contributed by atoms with Crippen LogP contribution in [0.4, 0.5) is 0 Å². The summed E-state index contributed by atoms with van der Waals surface area (Å²) >= 11 is 0. The fourth-order valence-electron chi connectivity index (χ4n) is 0.503. The predicted molar refractivity (Wildman–Crippen MR) is 35.3 cm³/mol. The minimum absolute atomic E-state index is 0.454. The second kappa shape index (κ2) is 2.35. The van der Waals surface area contributed by atoms with Crippen LogP contribution in [0.25, 0.3) is 0 Å². The minimum Gasteiger partial charge on any atom is -0.377 e. The van der Waals surface area contributed by atoms with E-state index < -0.39 is 14.5 Å². The number of hydrogen-bond donors (Lipinski definition) is 4. The van der Waals surface area contributed by atoms with E-state index in [9.17, 15) is 0 Å². The molecule has 56 valence electrons. The molecule has 0 spiro atoms. The Morgan fingerprint density at radius 3 is 1.44 bits per heavy atom. The molecule has 0 unspecified atom stereocenters. The molecular weight excluding hydrogens is 138 g/mol. The summed E-state index contributed by atoms with van der Waals surface area (Å²) in [7, 11) is -4.04. The van der Waals surface area contributed by atoms with Gasteiger partial charge in [-0.25, -0.2) is 0 Å². The average Bonchev–Trinajstić information content (AvgIpc) is 1.14. The highest BCUT2D eigenvalue weighted by Gasteiger charge is 2.32. The monoisotopic (exact) mass is 151 g/mol. The van der Waals surface area contributed by atoms with Gasteiger partial charge in [0.2, 0.25) is 0 Å². The summed E-state index contributed by atoms with van der Waals surface area (Å²) in [6.45, 7) is 5.20. The first kappa shape index (κ1) is 9.06. The Labute approximate surface area is 55.6 Å². The van der Waals surface area contributed by atoms with Crippen molar-refractivity contribution < 1.29 is 14.4 Å². The molecule has 4 N–H and O–H groups in total. The van der Waals surface area contributed by atoms with Crippen LogP contribution in [0.15, 0.2) is 0 Å². The second-order valence-corrected chi connectivity index (χ2v) is 4.53. The van der Waals surface area contributed by atoms with Crippen molar-refractivity contribution in [2.45, 2.75) is 26.3 Å². The van der Waals surface area contributed by atoms with E-state index in [4.69, 9.17) is 14.4 Å². The molecule has 0 aromatic carbocycles. The van der Waals surface area contributed by atoms with Gasteiger partial charge in [-0.05, 0) is 20.8 Å². The maximum absolute atomic E-state index is 8.49. The maximum Gasteiger partial charge on any atom is 0.588 e. The summed E-state index contributed by atoms with van der Waals surface area (Å²) in [6, 6.07) is 0. The first-order chi connectivity index (χ1) is 3.71. The highest BCUT2D eigenvalue weighted by molar-refractivity contribution is 6.53. The van der Waals surface area contributed by atoms with Crippen LogP contribution in [0.5, 0.6) is 0 Å². The lowest BCUT2D eigenvalue weighted by molar-refractivity contribution is 0.191. The minimum atomic E-state index is -4.04. The number of nitrogens with one attached hydrogen (secondary N) is 1. The molecule has 0 rings (SSSR count). The second-order valence-electron chi connectivity index (χ2n) is 3.01. The van der Waals surface area contributed by atoms with E-state index in [1.54, 1.807) is 20.8 Å². The highest BCUT2D eigenvalue weighted by atomic mass is 28.4. The Morgan fingerprint density at radius 1 is 1.11 bits per heavy atom. The topological polar surface area (TPSA) is 72.7 Å². The van der Waals surface area contributed by atoms with E-state index in [1.807, 2.05) is 0 Å². The Hall–Kier alpha value is 0.0569. The molecule has 0 bridgehead atoms. The number of hydrogen-bond acceptors (Lipinski definition) is 4. The molecule has 0 aromatic rings. The molecular formula is C4H13NO3Si. The summed E-state index contributed by atoms with van der Waals surface area (Å²) in [5.74, 6) is 0. The molecule has 5 heteroatoms. The van der Waals surface area contributed by atoms with Crippen molar-refractivity contribution in [1.29, 1.82) is 0 Å². The summed E-state index contributed by atoms with van der Waals surface area (Å²) in [5, 5.41) is 0. The number of rotatable bonds is 1. The Bertz CT molecular complexity index is 81.0. The van der Waals surface area contributed by atoms with Crippen LogP contribution < -0.4 is 4.98 Å². The van der Waals surface area contributed by atoms with Crippen molar-refractivity contribution in [2.24, 2.45) is 0 Å². The van der Waals surface area contributed by atoms with Gasteiger partial charge < -0.3 is 14.4 Å². The quantitative estimate of drug-likeness (QED) is 0.355. The fourth-order valence-corrected chi connectivity index (χ4v) is 1.51. The van der Waals surface area contributed by atoms with Crippen LogP contribution in [0.1, 0.15) is 20.8 Å². The molecule has 0 atom stereocenters. The van der Waals surface area contributed by atoms with Gasteiger partial charge >= 0.3 is 8.97 Å². The molecule has 0 aromatic heterocycles. The zero-order valence-corrected chi connectivity index (χ0v) is 6.84. The zero-order valence-electron chi connectivity index (χ0n) is 5.84. The van der Waals surface area contributed by atoms with E-state index in [-0.39, 0.29) is 0 Å². The first-order valence-electron chi connectivity index (χ1n) is 2.67. The summed E-state index contributed by atoms with van der Waals surface area (Å²) in [5.41, 5.74) is -0.454. The van der Waals surface area contributed by atoms with Gasteiger partial charge in [0.1, 0.15) is 0 Å². The molecule has 0 amide bonds. The molecule has 0 aliphatic rings. The van der Waals surface area contributed by atoms with Crippen molar-refractivity contribution >= 4 is 8.97 Å². The van der Waals surface area contributed by atoms with Gasteiger partial charge in [0.25, 0.3) is 0 Å². The van der Waals surface area contributed by atoms with Crippen LogP contribution in [0, 0.1) is 0 Å². The fraction of sp³-hybridized carbons (Fsp3) is 1.00. The van der Waals surface area contributed by atoms with Crippen molar-refractivity contribution in [2.75, 3.05) is 0 Å². The van der Waals surface area contributed by atoms with Crippen molar-refractivity contribution in [1.82, 2.24) is 4.98 Å². The molecule has 0 radical (unpaired) electrons. The predicted octanol–water partition coefficient (Wildman–Crippen LogP) is -1.21. The van der Waals surface area contributed by atoms with E-state index >= 15 is 0 Å². The van der Waals surface area contributed by atoms with Crippen LogP contribution in [0.3, 0.4) is 0 Å². The molecule has 9 heavy (non-hydrogen) atoms. The summed E-state index contributed by atoms with van der Waals surface area (Å²) in [4.78, 5) is 27.7. The Balaban J connectivity index is 3.75. The maximum atomic E-state index is 8.49. The molecule has 0 fully saturated rings. The van der Waals surface area contributed by atoms with Gasteiger partial charge in [0, 0.05) is 5.54 Å². The lowest BCUT2D eigenvalue weighted by Crippen LogP contribution is -2.59. The third kappa shape index (κ3) is 8.06.